The molecule has 0 saturated heterocycles. The predicted molar refractivity (Wildman–Crippen MR) is 105 cm³/mol. The van der Waals surface area contributed by atoms with Crippen LogP contribution in [0, 0.1) is 0 Å². The number of nitrogens with zero attached hydrogens (tertiary/aromatic N) is 1. The van der Waals surface area contributed by atoms with Gasteiger partial charge in [-0.05, 0) is 31.2 Å². The Morgan fingerprint density at radius 2 is 2.00 bits per heavy atom. The highest BCUT2D eigenvalue weighted by molar-refractivity contribution is 7.23. The maximum atomic E-state index is 12.7. The van der Waals surface area contributed by atoms with E-state index in [0.717, 1.165) is 20.3 Å². The highest BCUT2D eigenvalue weighted by Gasteiger charge is 2.22. The highest BCUT2D eigenvalue weighted by Crippen LogP contribution is 2.36. The molecule has 0 radical (unpaired) electrons. The third-order valence-corrected chi connectivity index (χ3v) is 5.77. The number of thiophene rings is 1. The van der Waals surface area contributed by atoms with Crippen LogP contribution in [-0.4, -0.2) is 23.5 Å². The number of ether oxygens (including phenoxy) is 1. The lowest BCUT2D eigenvalue weighted by molar-refractivity contribution is 0.0530. The number of rotatable bonds is 4. The first-order chi connectivity index (χ1) is 12.7. The number of benzene rings is 2. The van der Waals surface area contributed by atoms with Crippen molar-refractivity contribution in [3.63, 3.8) is 0 Å². The van der Waals surface area contributed by atoms with Crippen LogP contribution in [0.15, 0.2) is 48.0 Å². The molecule has 1 N–H and O–H groups in total. The first-order valence-electron chi connectivity index (χ1n) is 8.00. The minimum absolute atomic E-state index is 0.266. The van der Waals surface area contributed by atoms with Gasteiger partial charge in [-0.25, -0.2) is 9.78 Å². The Morgan fingerprint density at radius 1 is 1.15 bits per heavy atom. The molecule has 1 amide bonds. The molecule has 0 aliphatic rings. The molecule has 2 aromatic heterocycles. The van der Waals surface area contributed by atoms with Crippen LogP contribution < -0.4 is 5.32 Å². The van der Waals surface area contributed by atoms with E-state index in [0.29, 0.717) is 16.1 Å². The normalized spacial score (nSPS) is 11.0. The first kappa shape index (κ1) is 16.7. The Morgan fingerprint density at radius 3 is 2.85 bits per heavy atom. The number of thiazole rings is 1. The van der Waals surface area contributed by atoms with Crippen LogP contribution in [0.25, 0.3) is 20.3 Å². The smallest absolute Gasteiger partial charge is 0.341 e. The molecule has 5 nitrogen and oxygen atoms in total. The average Bonchev–Trinajstić information content (AvgIpc) is 3.25. The van der Waals surface area contributed by atoms with Gasteiger partial charge in [-0.3, -0.25) is 4.79 Å². The molecule has 0 saturated carbocycles. The van der Waals surface area contributed by atoms with Crippen LogP contribution in [0.1, 0.15) is 27.6 Å². The Bertz CT molecular complexity index is 1130. The molecule has 4 aromatic rings. The van der Waals surface area contributed by atoms with Gasteiger partial charge in [0.1, 0.15) is 10.6 Å². The molecule has 0 bridgehead atoms. The van der Waals surface area contributed by atoms with E-state index in [9.17, 15) is 9.59 Å². The van der Waals surface area contributed by atoms with Gasteiger partial charge in [-0.15, -0.1) is 22.7 Å². The summed E-state index contributed by atoms with van der Waals surface area (Å²) in [4.78, 5) is 29.4. The minimum atomic E-state index is -0.432. The van der Waals surface area contributed by atoms with Crippen molar-refractivity contribution in [3.8, 4) is 0 Å². The largest absolute Gasteiger partial charge is 0.462 e. The van der Waals surface area contributed by atoms with Gasteiger partial charge in [-0.1, -0.05) is 18.2 Å². The Hall–Kier alpha value is -2.77. The van der Waals surface area contributed by atoms with E-state index in [2.05, 4.69) is 10.3 Å². The summed E-state index contributed by atoms with van der Waals surface area (Å²) >= 11 is 2.84. The molecular formula is C19H14N2O3S2. The van der Waals surface area contributed by atoms with Gasteiger partial charge in [0.25, 0.3) is 5.91 Å². The second-order valence-electron chi connectivity index (χ2n) is 5.51. The molecule has 2 heterocycles. The van der Waals surface area contributed by atoms with Crippen LogP contribution in [-0.2, 0) is 4.74 Å². The van der Waals surface area contributed by atoms with Gasteiger partial charge in [0.2, 0.25) is 0 Å². The lowest BCUT2D eigenvalue weighted by Gasteiger charge is -2.07. The van der Waals surface area contributed by atoms with E-state index in [1.807, 2.05) is 30.3 Å². The summed E-state index contributed by atoms with van der Waals surface area (Å²) < 4.78 is 7.04. The minimum Gasteiger partial charge on any atom is -0.462 e. The highest BCUT2D eigenvalue weighted by atomic mass is 32.1. The number of carbonyl (C=O) groups is 2. The van der Waals surface area contributed by atoms with Gasteiger partial charge < -0.3 is 10.1 Å². The molecule has 0 atom stereocenters. The fourth-order valence-corrected chi connectivity index (χ4v) is 4.51. The summed E-state index contributed by atoms with van der Waals surface area (Å²) in [6, 6.07) is 12.9. The van der Waals surface area contributed by atoms with Crippen LogP contribution in [0.4, 0.5) is 5.00 Å². The van der Waals surface area contributed by atoms with Crippen molar-refractivity contribution in [2.75, 3.05) is 11.9 Å². The van der Waals surface area contributed by atoms with Gasteiger partial charge in [0, 0.05) is 15.6 Å². The van der Waals surface area contributed by atoms with E-state index in [1.54, 1.807) is 24.6 Å². The van der Waals surface area contributed by atoms with E-state index >= 15 is 0 Å². The number of anilines is 1. The lowest BCUT2D eigenvalue weighted by Crippen LogP contribution is -2.14. The summed E-state index contributed by atoms with van der Waals surface area (Å²) in [6.07, 6.45) is 0. The van der Waals surface area contributed by atoms with Crippen LogP contribution in [0.3, 0.4) is 0 Å². The SMILES string of the molecule is CCOC(=O)c1c(NC(=O)c2ccc3ncsc3c2)sc2ccccc12. The summed E-state index contributed by atoms with van der Waals surface area (Å²) in [6.45, 7) is 2.04. The van der Waals surface area contributed by atoms with Crippen LogP contribution >= 0.6 is 22.7 Å². The third kappa shape index (κ3) is 2.95. The summed E-state index contributed by atoms with van der Waals surface area (Å²) in [5, 5.41) is 4.16. The lowest BCUT2D eigenvalue weighted by atomic mass is 10.1. The Kier molecular flexibility index (Phi) is 4.40. The van der Waals surface area contributed by atoms with Crippen molar-refractivity contribution in [1.82, 2.24) is 4.98 Å². The fraction of sp³-hybridized carbons (Fsp3) is 0.105. The van der Waals surface area contributed by atoms with Crippen molar-refractivity contribution in [2.45, 2.75) is 6.92 Å². The predicted octanol–water partition coefficient (Wildman–Crippen LogP) is 4.94. The zero-order valence-electron chi connectivity index (χ0n) is 13.8. The molecule has 26 heavy (non-hydrogen) atoms. The standard InChI is InChI=1S/C19H14N2O3S2/c1-2-24-19(23)16-12-5-3-4-6-14(12)26-18(16)21-17(22)11-7-8-13-15(9-11)25-10-20-13/h3-10H,2H2,1H3,(H,21,22). The van der Waals surface area contributed by atoms with E-state index in [1.165, 1.54) is 22.7 Å². The van der Waals surface area contributed by atoms with Gasteiger partial charge in [0.15, 0.2) is 0 Å². The zero-order chi connectivity index (χ0) is 18.1. The maximum Gasteiger partial charge on any atom is 0.341 e. The van der Waals surface area contributed by atoms with Gasteiger partial charge in [0.05, 0.1) is 22.3 Å². The average molecular weight is 382 g/mol. The molecule has 130 valence electrons. The Balaban J connectivity index is 1.72. The van der Waals surface area contributed by atoms with Crippen molar-refractivity contribution in [3.05, 3.63) is 59.1 Å². The van der Waals surface area contributed by atoms with Gasteiger partial charge in [-0.2, -0.15) is 0 Å². The second-order valence-corrected chi connectivity index (χ2v) is 7.45. The second kappa shape index (κ2) is 6.86. The monoisotopic (exact) mass is 382 g/mol. The number of nitrogens with one attached hydrogen (secondary N) is 1. The molecule has 0 spiro atoms. The van der Waals surface area contributed by atoms with E-state index in [-0.39, 0.29) is 12.5 Å². The number of hydrogen-bond acceptors (Lipinski definition) is 6. The number of carbonyl (C=O) groups excluding carboxylic acids is 2. The topological polar surface area (TPSA) is 68.3 Å². The van der Waals surface area contributed by atoms with Crippen molar-refractivity contribution in [1.29, 1.82) is 0 Å². The van der Waals surface area contributed by atoms with Crippen molar-refractivity contribution < 1.29 is 14.3 Å². The number of esters is 1. The molecule has 4 rings (SSSR count). The van der Waals surface area contributed by atoms with Crippen LogP contribution in [0.2, 0.25) is 0 Å². The molecule has 0 fully saturated rings. The Labute approximate surface area is 157 Å². The number of hydrogen-bond donors (Lipinski definition) is 1. The van der Waals surface area contributed by atoms with Crippen molar-refractivity contribution >= 4 is 59.9 Å². The number of aromatic nitrogens is 1. The molecule has 0 unspecified atom stereocenters. The number of fused-ring (bicyclic) bond motifs is 2. The van der Waals surface area contributed by atoms with Gasteiger partial charge >= 0.3 is 5.97 Å². The summed E-state index contributed by atoms with van der Waals surface area (Å²) in [5.41, 5.74) is 3.53. The van der Waals surface area contributed by atoms with E-state index < -0.39 is 5.97 Å². The maximum absolute atomic E-state index is 12.7. The molecule has 7 heteroatoms. The summed E-state index contributed by atoms with van der Waals surface area (Å²) in [5.74, 6) is -0.699. The van der Waals surface area contributed by atoms with Crippen LogP contribution in [0.5, 0.6) is 0 Å². The molecular weight excluding hydrogens is 368 g/mol. The summed E-state index contributed by atoms with van der Waals surface area (Å²) in [7, 11) is 0. The molecule has 2 aromatic carbocycles. The molecule has 0 aliphatic heterocycles. The first-order valence-corrected chi connectivity index (χ1v) is 9.70. The fourth-order valence-electron chi connectivity index (χ4n) is 2.71. The number of amides is 1. The zero-order valence-corrected chi connectivity index (χ0v) is 15.4. The quantitative estimate of drug-likeness (QED) is 0.508. The third-order valence-electron chi connectivity index (χ3n) is 3.90. The molecule has 0 aliphatic carbocycles. The van der Waals surface area contributed by atoms with Crippen molar-refractivity contribution in [2.24, 2.45) is 0 Å². The van der Waals surface area contributed by atoms with E-state index in [4.69, 9.17) is 4.74 Å².